The van der Waals surface area contributed by atoms with Gasteiger partial charge in [0.05, 0.1) is 5.39 Å². The Kier molecular flexibility index (Phi) is 5.78. The van der Waals surface area contributed by atoms with Crippen molar-refractivity contribution in [3.8, 4) is 22.6 Å². The van der Waals surface area contributed by atoms with E-state index < -0.39 is 0 Å². The number of benzene rings is 7. The highest BCUT2D eigenvalue weighted by atomic mass is 16.4. The third-order valence-electron chi connectivity index (χ3n) is 8.44. The quantitative estimate of drug-likeness (QED) is 0.204. The number of hydrogen-bond donors (Lipinski definition) is 0. The molecule has 2 heterocycles. The summed E-state index contributed by atoms with van der Waals surface area (Å²) < 4.78 is 13.2. The Morgan fingerprint density at radius 2 is 1.16 bits per heavy atom. The second kappa shape index (κ2) is 10.2. The van der Waals surface area contributed by atoms with Crippen LogP contribution >= 0.6 is 0 Å². The van der Waals surface area contributed by atoms with E-state index in [1.807, 2.05) is 54.6 Å². The van der Waals surface area contributed by atoms with Gasteiger partial charge in [-0.15, -0.1) is 0 Å². The molecule has 0 spiro atoms. The van der Waals surface area contributed by atoms with Gasteiger partial charge in [-0.2, -0.15) is 0 Å². The lowest BCUT2D eigenvalue weighted by molar-refractivity contribution is 0.620. The zero-order valence-electron chi connectivity index (χ0n) is 24.2. The first-order chi connectivity index (χ1) is 22.3. The summed E-state index contributed by atoms with van der Waals surface area (Å²) in [4.78, 5) is 7.29. The van der Waals surface area contributed by atoms with Crippen LogP contribution in [0.25, 0.3) is 66.4 Å². The van der Waals surface area contributed by atoms with Gasteiger partial charge in [-0.25, -0.2) is 4.98 Å². The molecule has 9 aromatic rings. The summed E-state index contributed by atoms with van der Waals surface area (Å²) in [6.45, 7) is 0. The molecule has 45 heavy (non-hydrogen) atoms. The van der Waals surface area contributed by atoms with Crippen LogP contribution in [0.5, 0.6) is 0 Å². The molecule has 4 nitrogen and oxygen atoms in total. The van der Waals surface area contributed by atoms with Gasteiger partial charge in [0.15, 0.2) is 5.58 Å². The Morgan fingerprint density at radius 1 is 0.467 bits per heavy atom. The molecule has 0 fully saturated rings. The number of anilines is 3. The number of oxazole rings is 1. The van der Waals surface area contributed by atoms with E-state index in [1.165, 1.54) is 5.39 Å². The number of furan rings is 1. The van der Waals surface area contributed by atoms with Crippen molar-refractivity contribution in [3.05, 3.63) is 158 Å². The van der Waals surface area contributed by atoms with E-state index in [0.29, 0.717) is 11.5 Å². The first-order valence-electron chi connectivity index (χ1n) is 15.0. The van der Waals surface area contributed by atoms with Crippen LogP contribution in [-0.2, 0) is 0 Å². The SMILES string of the molecule is c1ccc(-c2cccc(N(c3ccc4ccccc4c3)c3c4oc(-c5ccccc5)nc4cc4oc5ccccc5c34)c2)cc1. The summed E-state index contributed by atoms with van der Waals surface area (Å²) in [6.07, 6.45) is 0. The lowest BCUT2D eigenvalue weighted by atomic mass is 10.0. The van der Waals surface area contributed by atoms with Crippen LogP contribution < -0.4 is 4.90 Å². The van der Waals surface area contributed by atoms with Crippen LogP contribution in [-0.4, -0.2) is 4.98 Å². The number of para-hydroxylation sites is 1. The number of hydrogen-bond acceptors (Lipinski definition) is 4. The summed E-state index contributed by atoms with van der Waals surface area (Å²) in [7, 11) is 0. The highest BCUT2D eigenvalue weighted by molar-refractivity contribution is 6.20. The molecule has 212 valence electrons. The molecule has 9 rings (SSSR count). The van der Waals surface area contributed by atoms with E-state index in [9.17, 15) is 0 Å². The standard InChI is InChI=1S/C41H26N2O2/c1-3-12-27(13-4-1)31-18-11-19-32(24-31)43(33-23-22-28-14-7-8-17-30(28)25-33)39-38-34-20-9-10-21-36(34)44-37(38)26-35-40(39)45-41(42-35)29-15-5-2-6-16-29/h1-26H. The molecular formula is C41H26N2O2. The van der Waals surface area contributed by atoms with Crippen molar-refractivity contribution >= 4 is 60.9 Å². The molecule has 0 bridgehead atoms. The van der Waals surface area contributed by atoms with Crippen LogP contribution in [0.2, 0.25) is 0 Å². The van der Waals surface area contributed by atoms with Crippen LogP contribution in [0.15, 0.2) is 167 Å². The molecule has 0 unspecified atom stereocenters. The van der Waals surface area contributed by atoms with E-state index >= 15 is 0 Å². The summed E-state index contributed by atoms with van der Waals surface area (Å²) in [5, 5.41) is 4.34. The van der Waals surface area contributed by atoms with Crippen molar-refractivity contribution < 1.29 is 8.83 Å². The molecule has 7 aromatic carbocycles. The van der Waals surface area contributed by atoms with E-state index in [-0.39, 0.29) is 0 Å². The Bertz CT molecular complexity index is 2490. The van der Waals surface area contributed by atoms with Gasteiger partial charge in [-0.3, -0.25) is 0 Å². The fraction of sp³-hybridized carbons (Fsp3) is 0. The van der Waals surface area contributed by atoms with E-state index in [0.717, 1.165) is 66.6 Å². The van der Waals surface area contributed by atoms with Gasteiger partial charge < -0.3 is 13.7 Å². The van der Waals surface area contributed by atoms with E-state index in [1.54, 1.807) is 0 Å². The number of nitrogens with zero attached hydrogens (tertiary/aromatic N) is 2. The molecule has 0 atom stereocenters. The molecular weight excluding hydrogens is 552 g/mol. The fourth-order valence-corrected chi connectivity index (χ4v) is 6.34. The van der Waals surface area contributed by atoms with E-state index in [4.69, 9.17) is 13.8 Å². The zero-order valence-corrected chi connectivity index (χ0v) is 24.2. The van der Waals surface area contributed by atoms with Crippen LogP contribution in [0, 0.1) is 0 Å². The molecule has 0 amide bonds. The molecule has 0 radical (unpaired) electrons. The van der Waals surface area contributed by atoms with Gasteiger partial charge in [0.1, 0.15) is 22.4 Å². The lowest BCUT2D eigenvalue weighted by Gasteiger charge is -2.27. The molecule has 0 saturated heterocycles. The summed E-state index contributed by atoms with van der Waals surface area (Å²) >= 11 is 0. The average Bonchev–Trinajstić information content (AvgIpc) is 3.70. The van der Waals surface area contributed by atoms with E-state index in [2.05, 4.69) is 108 Å². The van der Waals surface area contributed by atoms with Crippen molar-refractivity contribution in [3.63, 3.8) is 0 Å². The van der Waals surface area contributed by atoms with Gasteiger partial charge in [0.25, 0.3) is 0 Å². The number of aromatic nitrogens is 1. The van der Waals surface area contributed by atoms with Crippen LogP contribution in [0.4, 0.5) is 17.1 Å². The van der Waals surface area contributed by atoms with Crippen LogP contribution in [0.1, 0.15) is 0 Å². The third kappa shape index (κ3) is 4.27. The lowest BCUT2D eigenvalue weighted by Crippen LogP contribution is -2.11. The molecule has 0 aliphatic rings. The minimum absolute atomic E-state index is 0.570. The van der Waals surface area contributed by atoms with Gasteiger partial charge in [-0.1, -0.05) is 109 Å². The molecule has 0 N–H and O–H groups in total. The van der Waals surface area contributed by atoms with Crippen molar-refractivity contribution in [1.29, 1.82) is 0 Å². The molecule has 0 aliphatic carbocycles. The maximum atomic E-state index is 6.74. The van der Waals surface area contributed by atoms with Gasteiger partial charge in [0.2, 0.25) is 5.89 Å². The highest BCUT2D eigenvalue weighted by Crippen LogP contribution is 2.48. The van der Waals surface area contributed by atoms with Crippen molar-refractivity contribution in [2.24, 2.45) is 0 Å². The smallest absolute Gasteiger partial charge is 0.227 e. The second-order valence-corrected chi connectivity index (χ2v) is 11.2. The Hall–Kier alpha value is -6.13. The second-order valence-electron chi connectivity index (χ2n) is 11.2. The van der Waals surface area contributed by atoms with Gasteiger partial charge in [-0.05, 0) is 64.4 Å². The predicted octanol–water partition coefficient (Wildman–Crippen LogP) is 11.7. The van der Waals surface area contributed by atoms with Crippen molar-refractivity contribution in [1.82, 2.24) is 4.98 Å². The minimum Gasteiger partial charge on any atom is -0.456 e. The third-order valence-corrected chi connectivity index (χ3v) is 8.44. The molecule has 0 aliphatic heterocycles. The predicted molar refractivity (Wildman–Crippen MR) is 184 cm³/mol. The normalized spacial score (nSPS) is 11.6. The summed E-state index contributed by atoms with van der Waals surface area (Å²) in [5.74, 6) is 0.570. The highest BCUT2D eigenvalue weighted by Gasteiger charge is 2.26. The number of fused-ring (bicyclic) bond motifs is 5. The molecule has 0 saturated carbocycles. The first-order valence-corrected chi connectivity index (χ1v) is 15.0. The Morgan fingerprint density at radius 3 is 2.00 bits per heavy atom. The molecule has 4 heteroatoms. The maximum absolute atomic E-state index is 6.74. The largest absolute Gasteiger partial charge is 0.456 e. The topological polar surface area (TPSA) is 42.4 Å². The van der Waals surface area contributed by atoms with Crippen molar-refractivity contribution in [2.45, 2.75) is 0 Å². The van der Waals surface area contributed by atoms with Crippen LogP contribution in [0.3, 0.4) is 0 Å². The Labute approximate surface area is 259 Å². The maximum Gasteiger partial charge on any atom is 0.227 e. The first kappa shape index (κ1) is 25.4. The Balaban J connectivity index is 1.40. The van der Waals surface area contributed by atoms with Gasteiger partial charge in [0, 0.05) is 28.4 Å². The summed E-state index contributed by atoms with van der Waals surface area (Å²) in [5.41, 5.74) is 9.12. The zero-order chi connectivity index (χ0) is 29.7. The van der Waals surface area contributed by atoms with Crippen molar-refractivity contribution in [2.75, 3.05) is 4.90 Å². The summed E-state index contributed by atoms with van der Waals surface area (Å²) in [6, 6.07) is 54.4. The molecule has 2 aromatic heterocycles. The monoisotopic (exact) mass is 578 g/mol. The average molecular weight is 579 g/mol. The van der Waals surface area contributed by atoms with Gasteiger partial charge >= 0.3 is 0 Å². The number of rotatable bonds is 5. The minimum atomic E-state index is 0.570. The fourth-order valence-electron chi connectivity index (χ4n) is 6.34.